The monoisotopic (exact) mass is 279 g/mol. The predicted molar refractivity (Wildman–Crippen MR) is 74.0 cm³/mol. The Labute approximate surface area is 118 Å². The zero-order valence-electron chi connectivity index (χ0n) is 11.7. The first kappa shape index (κ1) is 14.5. The van der Waals surface area contributed by atoms with E-state index >= 15 is 0 Å². The molecule has 0 spiro atoms. The molecule has 1 aromatic heterocycles. The molecule has 110 valence electrons. The molecule has 1 aliphatic heterocycles. The van der Waals surface area contributed by atoms with E-state index in [4.69, 9.17) is 5.73 Å². The molecule has 3 N–H and O–H groups in total. The second kappa shape index (κ2) is 6.51. The molecular formula is C13H21N5O2. The number of likely N-dealkylation sites (tertiary alicyclic amines) is 1. The van der Waals surface area contributed by atoms with Gasteiger partial charge in [0, 0.05) is 39.4 Å². The highest BCUT2D eigenvalue weighted by Crippen LogP contribution is 2.18. The average Bonchev–Trinajstić information content (AvgIpc) is 2.95. The van der Waals surface area contributed by atoms with Crippen molar-refractivity contribution < 1.29 is 9.59 Å². The van der Waals surface area contributed by atoms with Gasteiger partial charge in [0.1, 0.15) is 5.69 Å². The van der Waals surface area contributed by atoms with Gasteiger partial charge < -0.3 is 20.5 Å². The maximum Gasteiger partial charge on any atom is 0.274 e. The van der Waals surface area contributed by atoms with Gasteiger partial charge in [0.05, 0.1) is 12.2 Å². The minimum atomic E-state index is -0.121. The molecule has 1 fully saturated rings. The molecule has 1 aliphatic rings. The van der Waals surface area contributed by atoms with Crippen molar-refractivity contribution >= 4 is 11.8 Å². The molecule has 7 nitrogen and oxygen atoms in total. The third-order valence-electron chi connectivity index (χ3n) is 3.57. The highest BCUT2D eigenvalue weighted by Gasteiger charge is 2.29. The molecule has 0 aromatic carbocycles. The zero-order valence-corrected chi connectivity index (χ0v) is 11.7. The molecule has 0 bridgehead atoms. The molecule has 20 heavy (non-hydrogen) atoms. The summed E-state index contributed by atoms with van der Waals surface area (Å²) < 4.78 is 1.80. The first-order valence-corrected chi connectivity index (χ1v) is 6.88. The van der Waals surface area contributed by atoms with Crippen LogP contribution < -0.4 is 11.1 Å². The maximum atomic E-state index is 12.4. The van der Waals surface area contributed by atoms with E-state index < -0.39 is 0 Å². The third kappa shape index (κ3) is 3.16. The fraction of sp³-hybridized carbons (Fsp3) is 0.615. The van der Waals surface area contributed by atoms with Gasteiger partial charge in [-0.25, -0.2) is 4.98 Å². The van der Waals surface area contributed by atoms with Gasteiger partial charge in [0.15, 0.2) is 0 Å². The van der Waals surface area contributed by atoms with Crippen LogP contribution in [0.2, 0.25) is 0 Å². The summed E-state index contributed by atoms with van der Waals surface area (Å²) in [6, 6.07) is 0. The number of nitrogens with one attached hydrogen (secondary N) is 1. The smallest absolute Gasteiger partial charge is 0.274 e. The Balaban J connectivity index is 2.02. The summed E-state index contributed by atoms with van der Waals surface area (Å²) in [5.41, 5.74) is 5.88. The van der Waals surface area contributed by atoms with Crippen LogP contribution in [-0.4, -0.2) is 52.9 Å². The van der Waals surface area contributed by atoms with E-state index in [0.717, 1.165) is 12.8 Å². The lowest BCUT2D eigenvalue weighted by molar-refractivity contribution is -0.125. The number of hydrogen-bond acceptors (Lipinski definition) is 4. The van der Waals surface area contributed by atoms with Gasteiger partial charge in [-0.15, -0.1) is 0 Å². The fourth-order valence-electron chi connectivity index (χ4n) is 2.48. The van der Waals surface area contributed by atoms with Crippen molar-refractivity contribution in [2.75, 3.05) is 26.7 Å². The molecule has 1 unspecified atom stereocenters. The molecule has 2 rings (SSSR count). The van der Waals surface area contributed by atoms with E-state index in [1.165, 1.54) is 0 Å². The Hall–Kier alpha value is -1.89. The Morgan fingerprint density at radius 2 is 2.35 bits per heavy atom. The molecule has 7 heteroatoms. The first-order valence-electron chi connectivity index (χ1n) is 6.88. The van der Waals surface area contributed by atoms with Crippen LogP contribution in [0.1, 0.15) is 23.3 Å². The van der Waals surface area contributed by atoms with Gasteiger partial charge >= 0.3 is 0 Å². The molecule has 2 heterocycles. The van der Waals surface area contributed by atoms with Gasteiger partial charge in [0.25, 0.3) is 5.91 Å². The third-order valence-corrected chi connectivity index (χ3v) is 3.57. The molecule has 2 amide bonds. The van der Waals surface area contributed by atoms with E-state index in [2.05, 4.69) is 10.3 Å². The van der Waals surface area contributed by atoms with Gasteiger partial charge in [-0.3, -0.25) is 9.59 Å². The summed E-state index contributed by atoms with van der Waals surface area (Å²) in [7, 11) is 1.62. The number of rotatable bonds is 4. The number of amides is 2. The fourth-order valence-corrected chi connectivity index (χ4v) is 2.48. The highest BCUT2D eigenvalue weighted by atomic mass is 16.2. The quantitative estimate of drug-likeness (QED) is 0.772. The predicted octanol–water partition coefficient (Wildman–Crippen LogP) is -0.560. The lowest BCUT2D eigenvalue weighted by atomic mass is 9.97. The van der Waals surface area contributed by atoms with Crippen molar-refractivity contribution in [3.63, 3.8) is 0 Å². The van der Waals surface area contributed by atoms with Crippen LogP contribution in [0.15, 0.2) is 12.5 Å². The second-order valence-electron chi connectivity index (χ2n) is 4.99. The van der Waals surface area contributed by atoms with Crippen LogP contribution in [0.25, 0.3) is 0 Å². The topological polar surface area (TPSA) is 93.2 Å². The summed E-state index contributed by atoms with van der Waals surface area (Å²) in [5.74, 6) is -0.241. The van der Waals surface area contributed by atoms with E-state index in [9.17, 15) is 9.59 Å². The van der Waals surface area contributed by atoms with Gasteiger partial charge in [0.2, 0.25) is 5.91 Å². The summed E-state index contributed by atoms with van der Waals surface area (Å²) >= 11 is 0. The minimum Gasteiger partial charge on any atom is -0.359 e. The van der Waals surface area contributed by atoms with Crippen LogP contribution in [0.5, 0.6) is 0 Å². The molecule has 1 atom stereocenters. The molecule has 1 aromatic rings. The van der Waals surface area contributed by atoms with Gasteiger partial charge in [-0.1, -0.05) is 0 Å². The standard InChI is InChI=1S/C13H21N5O2/c1-15-12(19)10-3-2-5-18(7-10)13(20)11-8-17(6-4-14)9-16-11/h8-10H,2-7,14H2,1H3,(H,15,19). The molecule has 1 saturated heterocycles. The molecular weight excluding hydrogens is 258 g/mol. The number of nitrogens with two attached hydrogens (primary N) is 1. The first-order chi connectivity index (χ1) is 9.65. The maximum absolute atomic E-state index is 12.4. The minimum absolute atomic E-state index is 0.00355. The van der Waals surface area contributed by atoms with Crippen LogP contribution in [0, 0.1) is 5.92 Å². The van der Waals surface area contributed by atoms with Gasteiger partial charge in [-0.2, -0.15) is 0 Å². The average molecular weight is 279 g/mol. The van der Waals surface area contributed by atoms with Crippen LogP contribution in [-0.2, 0) is 11.3 Å². The second-order valence-corrected chi connectivity index (χ2v) is 4.99. The Kier molecular flexibility index (Phi) is 4.73. The summed E-state index contributed by atoms with van der Waals surface area (Å²) in [6.07, 6.45) is 4.98. The van der Waals surface area contributed by atoms with Gasteiger partial charge in [-0.05, 0) is 12.8 Å². The van der Waals surface area contributed by atoms with E-state index in [1.54, 1.807) is 29.0 Å². The largest absolute Gasteiger partial charge is 0.359 e. The Morgan fingerprint density at radius 3 is 3.05 bits per heavy atom. The number of carbonyl (C=O) groups is 2. The SMILES string of the molecule is CNC(=O)C1CCCN(C(=O)c2cn(CCN)cn2)C1. The number of carbonyl (C=O) groups excluding carboxylic acids is 2. The van der Waals surface area contributed by atoms with Crippen molar-refractivity contribution in [2.45, 2.75) is 19.4 Å². The zero-order chi connectivity index (χ0) is 14.5. The van der Waals surface area contributed by atoms with Crippen molar-refractivity contribution in [3.8, 4) is 0 Å². The number of imidazole rings is 1. The number of aromatic nitrogens is 2. The Morgan fingerprint density at radius 1 is 1.55 bits per heavy atom. The summed E-state index contributed by atoms with van der Waals surface area (Å²) in [4.78, 5) is 29.9. The number of hydrogen-bond donors (Lipinski definition) is 2. The lowest BCUT2D eigenvalue weighted by Gasteiger charge is -2.31. The van der Waals surface area contributed by atoms with Crippen LogP contribution in [0.3, 0.4) is 0 Å². The number of piperidine rings is 1. The van der Waals surface area contributed by atoms with E-state index in [0.29, 0.717) is 31.9 Å². The molecule has 0 radical (unpaired) electrons. The number of nitrogens with zero attached hydrogens (tertiary/aromatic N) is 3. The van der Waals surface area contributed by atoms with Crippen molar-refractivity contribution in [2.24, 2.45) is 11.7 Å². The van der Waals surface area contributed by atoms with Crippen molar-refractivity contribution in [1.29, 1.82) is 0 Å². The van der Waals surface area contributed by atoms with E-state index in [1.807, 2.05) is 0 Å². The van der Waals surface area contributed by atoms with Crippen LogP contribution in [0.4, 0.5) is 0 Å². The Bertz CT molecular complexity index is 485. The lowest BCUT2D eigenvalue weighted by Crippen LogP contribution is -2.44. The summed E-state index contributed by atoms with van der Waals surface area (Å²) in [6.45, 7) is 2.28. The molecule has 0 aliphatic carbocycles. The molecule has 0 saturated carbocycles. The van der Waals surface area contributed by atoms with Crippen LogP contribution >= 0.6 is 0 Å². The van der Waals surface area contributed by atoms with Crippen molar-refractivity contribution in [3.05, 3.63) is 18.2 Å². The normalized spacial score (nSPS) is 18.9. The van der Waals surface area contributed by atoms with E-state index in [-0.39, 0.29) is 17.7 Å². The summed E-state index contributed by atoms with van der Waals surface area (Å²) in [5, 5.41) is 2.64. The highest BCUT2D eigenvalue weighted by molar-refractivity contribution is 5.92. The van der Waals surface area contributed by atoms with Crippen molar-refractivity contribution in [1.82, 2.24) is 19.8 Å².